The van der Waals surface area contributed by atoms with Gasteiger partial charge in [0, 0.05) is 31.2 Å². The highest BCUT2D eigenvalue weighted by molar-refractivity contribution is 5.94. The molecule has 1 aromatic heterocycles. The van der Waals surface area contributed by atoms with Crippen molar-refractivity contribution in [2.45, 2.75) is 31.7 Å². The maximum atomic E-state index is 11.9. The molecule has 184 valence electrons. The summed E-state index contributed by atoms with van der Waals surface area (Å²) in [5.74, 6) is 1.47. The van der Waals surface area contributed by atoms with Crippen LogP contribution in [0.3, 0.4) is 0 Å². The summed E-state index contributed by atoms with van der Waals surface area (Å²) in [6.45, 7) is 7.14. The molecule has 2 aromatic rings. The van der Waals surface area contributed by atoms with E-state index in [1.54, 1.807) is 18.2 Å². The van der Waals surface area contributed by atoms with Gasteiger partial charge in [-0.3, -0.25) is 4.79 Å². The smallest absolute Gasteiger partial charge is 0.251 e. The number of benzene rings is 1. The maximum Gasteiger partial charge on any atom is 0.251 e. The molecule has 1 heterocycles. The Balaban J connectivity index is 1.28. The molecule has 0 unspecified atom stereocenters. The van der Waals surface area contributed by atoms with Gasteiger partial charge in [0.25, 0.3) is 5.91 Å². The van der Waals surface area contributed by atoms with Crippen LogP contribution in [0.5, 0.6) is 0 Å². The molecule has 1 aliphatic carbocycles. The number of nitrogens with zero attached hydrogens (tertiary/aromatic N) is 3. The summed E-state index contributed by atoms with van der Waals surface area (Å²) in [4.78, 5) is 25.3. The van der Waals surface area contributed by atoms with E-state index in [4.69, 9.17) is 9.47 Å². The third-order valence-electron chi connectivity index (χ3n) is 5.20. The standard InChI is InChI=1S/C24H35N7O3/c1-2-12-26-22-29-23(31-24(30-22)28-20-10-6-7-11-20)27-14-16-34-18-17-33-15-13-25-21(32)19-8-4-3-5-9-19/h2-5,8-9,20H,1,6-7,10-18H2,(H,25,32)(H3,26,27,28,29,30,31). The molecule has 0 aliphatic heterocycles. The van der Waals surface area contributed by atoms with Gasteiger partial charge in [-0.15, -0.1) is 6.58 Å². The zero-order valence-electron chi connectivity index (χ0n) is 19.6. The Kier molecular flexibility index (Phi) is 11.1. The summed E-state index contributed by atoms with van der Waals surface area (Å²) < 4.78 is 11.1. The van der Waals surface area contributed by atoms with E-state index in [0.29, 0.717) is 75.5 Å². The van der Waals surface area contributed by atoms with Crippen LogP contribution >= 0.6 is 0 Å². The molecule has 0 saturated heterocycles. The molecule has 1 saturated carbocycles. The van der Waals surface area contributed by atoms with Gasteiger partial charge in [0.15, 0.2) is 0 Å². The molecule has 1 aromatic carbocycles. The second-order valence-electron chi connectivity index (χ2n) is 7.87. The molecule has 0 bridgehead atoms. The first-order valence-corrected chi connectivity index (χ1v) is 11.8. The average molecular weight is 470 g/mol. The number of amides is 1. The van der Waals surface area contributed by atoms with Crippen LogP contribution in [0.15, 0.2) is 43.0 Å². The van der Waals surface area contributed by atoms with Gasteiger partial charge in [0.2, 0.25) is 17.8 Å². The van der Waals surface area contributed by atoms with E-state index in [2.05, 4.69) is 42.8 Å². The Morgan fingerprint density at radius 2 is 1.56 bits per heavy atom. The van der Waals surface area contributed by atoms with Crippen LogP contribution in [0.1, 0.15) is 36.0 Å². The highest BCUT2D eigenvalue weighted by Crippen LogP contribution is 2.21. The van der Waals surface area contributed by atoms with Crippen LogP contribution in [0.4, 0.5) is 17.8 Å². The Morgan fingerprint density at radius 1 is 0.912 bits per heavy atom. The third-order valence-corrected chi connectivity index (χ3v) is 5.20. The summed E-state index contributed by atoms with van der Waals surface area (Å²) in [5, 5.41) is 12.5. The molecule has 0 atom stereocenters. The van der Waals surface area contributed by atoms with Crippen molar-refractivity contribution in [2.24, 2.45) is 0 Å². The molecule has 0 radical (unpaired) electrons. The minimum absolute atomic E-state index is 0.102. The number of rotatable bonds is 16. The lowest BCUT2D eigenvalue weighted by Gasteiger charge is -2.14. The van der Waals surface area contributed by atoms with Gasteiger partial charge in [-0.1, -0.05) is 37.1 Å². The zero-order chi connectivity index (χ0) is 23.8. The van der Waals surface area contributed by atoms with Crippen molar-refractivity contribution in [1.29, 1.82) is 0 Å². The number of hydrogen-bond acceptors (Lipinski definition) is 9. The van der Waals surface area contributed by atoms with E-state index in [-0.39, 0.29) is 5.91 Å². The highest BCUT2D eigenvalue weighted by Gasteiger charge is 2.16. The summed E-state index contributed by atoms with van der Waals surface area (Å²) >= 11 is 0. The number of aromatic nitrogens is 3. The van der Waals surface area contributed by atoms with Gasteiger partial charge >= 0.3 is 0 Å². The number of carbonyl (C=O) groups is 1. The number of anilines is 3. The van der Waals surface area contributed by atoms with Gasteiger partial charge in [-0.2, -0.15) is 15.0 Å². The Morgan fingerprint density at radius 3 is 2.26 bits per heavy atom. The van der Waals surface area contributed by atoms with Crippen molar-refractivity contribution in [3.05, 3.63) is 48.6 Å². The van der Waals surface area contributed by atoms with Crippen molar-refractivity contribution in [3.63, 3.8) is 0 Å². The first-order valence-electron chi connectivity index (χ1n) is 11.8. The lowest BCUT2D eigenvalue weighted by atomic mass is 10.2. The quantitative estimate of drug-likeness (QED) is 0.217. The largest absolute Gasteiger partial charge is 0.377 e. The number of nitrogens with one attached hydrogen (secondary N) is 4. The Labute approximate surface area is 201 Å². The molecule has 10 nitrogen and oxygen atoms in total. The van der Waals surface area contributed by atoms with E-state index in [9.17, 15) is 4.79 Å². The SMILES string of the molecule is C=CCNc1nc(NCCOCCOCCNC(=O)c2ccccc2)nc(NC2CCCC2)n1. The van der Waals surface area contributed by atoms with Crippen molar-refractivity contribution in [2.75, 3.05) is 62.0 Å². The molecule has 34 heavy (non-hydrogen) atoms. The second kappa shape index (κ2) is 14.8. The molecule has 1 amide bonds. The van der Waals surface area contributed by atoms with Crippen molar-refractivity contribution in [3.8, 4) is 0 Å². The number of hydrogen-bond donors (Lipinski definition) is 4. The molecule has 10 heteroatoms. The fourth-order valence-corrected chi connectivity index (χ4v) is 3.50. The van der Waals surface area contributed by atoms with Crippen LogP contribution in [0, 0.1) is 0 Å². The Hall–Kier alpha value is -3.24. The monoisotopic (exact) mass is 469 g/mol. The van der Waals surface area contributed by atoms with E-state index in [0.717, 1.165) is 12.8 Å². The second-order valence-corrected chi connectivity index (χ2v) is 7.87. The van der Waals surface area contributed by atoms with Crippen LogP contribution in [0.25, 0.3) is 0 Å². The fourth-order valence-electron chi connectivity index (χ4n) is 3.50. The van der Waals surface area contributed by atoms with Crippen molar-refractivity contribution < 1.29 is 14.3 Å². The van der Waals surface area contributed by atoms with Crippen LogP contribution in [-0.4, -0.2) is 73.0 Å². The predicted molar refractivity (Wildman–Crippen MR) is 133 cm³/mol. The van der Waals surface area contributed by atoms with Gasteiger partial charge in [-0.05, 0) is 25.0 Å². The van der Waals surface area contributed by atoms with E-state index < -0.39 is 0 Å². The van der Waals surface area contributed by atoms with E-state index >= 15 is 0 Å². The molecule has 3 rings (SSSR count). The third kappa shape index (κ3) is 9.32. The first kappa shape index (κ1) is 25.4. The van der Waals surface area contributed by atoms with E-state index in [1.165, 1.54) is 12.8 Å². The summed E-state index contributed by atoms with van der Waals surface area (Å²) in [5.41, 5.74) is 0.640. The van der Waals surface area contributed by atoms with Gasteiger partial charge in [0.05, 0.1) is 26.4 Å². The lowest BCUT2D eigenvalue weighted by molar-refractivity contribution is 0.0519. The van der Waals surface area contributed by atoms with Gasteiger partial charge in [-0.25, -0.2) is 0 Å². The van der Waals surface area contributed by atoms with Crippen molar-refractivity contribution >= 4 is 23.8 Å². The molecule has 1 fully saturated rings. The molecule has 0 spiro atoms. The summed E-state index contributed by atoms with van der Waals surface area (Å²) in [6, 6.07) is 9.52. The van der Waals surface area contributed by atoms with E-state index in [1.807, 2.05) is 18.2 Å². The topological polar surface area (TPSA) is 122 Å². The number of carbonyl (C=O) groups excluding carboxylic acids is 1. The summed E-state index contributed by atoms with van der Waals surface area (Å²) in [7, 11) is 0. The predicted octanol–water partition coefficient (Wildman–Crippen LogP) is 2.70. The molecule has 4 N–H and O–H groups in total. The maximum absolute atomic E-state index is 11.9. The normalized spacial score (nSPS) is 13.4. The first-order chi connectivity index (χ1) is 16.7. The average Bonchev–Trinajstić information content (AvgIpc) is 3.37. The Bertz CT molecular complexity index is 876. The highest BCUT2D eigenvalue weighted by atomic mass is 16.5. The van der Waals surface area contributed by atoms with Crippen LogP contribution in [-0.2, 0) is 9.47 Å². The molecular formula is C24H35N7O3. The van der Waals surface area contributed by atoms with Gasteiger partial charge < -0.3 is 30.7 Å². The fraction of sp³-hybridized carbons (Fsp3) is 0.500. The van der Waals surface area contributed by atoms with Gasteiger partial charge in [0.1, 0.15) is 0 Å². The van der Waals surface area contributed by atoms with Crippen LogP contribution < -0.4 is 21.3 Å². The lowest BCUT2D eigenvalue weighted by Crippen LogP contribution is -2.27. The minimum Gasteiger partial charge on any atom is -0.377 e. The van der Waals surface area contributed by atoms with Crippen molar-refractivity contribution in [1.82, 2.24) is 20.3 Å². The molecular weight excluding hydrogens is 434 g/mol. The summed E-state index contributed by atoms with van der Waals surface area (Å²) in [6.07, 6.45) is 6.50. The minimum atomic E-state index is -0.102. The zero-order valence-corrected chi connectivity index (χ0v) is 19.6. The molecule has 1 aliphatic rings. The van der Waals surface area contributed by atoms with Crippen LogP contribution in [0.2, 0.25) is 0 Å². The number of ether oxygens (including phenoxy) is 2.